The van der Waals surface area contributed by atoms with Crippen molar-refractivity contribution in [2.24, 2.45) is 0 Å². The average molecular weight is 643 g/mol. The Labute approximate surface area is 282 Å². The van der Waals surface area contributed by atoms with Gasteiger partial charge in [0.25, 0.3) is 0 Å². The van der Waals surface area contributed by atoms with Crippen molar-refractivity contribution in [1.29, 1.82) is 0 Å². The van der Waals surface area contributed by atoms with Crippen molar-refractivity contribution in [3.05, 3.63) is 83.9 Å². The van der Waals surface area contributed by atoms with Crippen molar-refractivity contribution in [3.8, 4) is 0 Å². The summed E-state index contributed by atoms with van der Waals surface area (Å²) in [6, 6.07) is 24.5. The van der Waals surface area contributed by atoms with Gasteiger partial charge in [0.05, 0.1) is 23.6 Å². The molecule has 8 nitrogen and oxygen atoms in total. The summed E-state index contributed by atoms with van der Waals surface area (Å²) < 4.78 is 0. The average Bonchev–Trinajstić information content (AvgIpc) is 3.03. The first-order chi connectivity index (χ1) is 22.9. The zero-order valence-corrected chi connectivity index (χ0v) is 29.1. The van der Waals surface area contributed by atoms with Crippen molar-refractivity contribution in [1.82, 2.24) is 0 Å². The maximum absolute atomic E-state index is 12.5. The predicted octanol–water partition coefficient (Wildman–Crippen LogP) is 6.33. The number of aliphatic hydroxyl groups is 2. The normalized spacial score (nSPS) is 19.2. The van der Waals surface area contributed by atoms with Crippen LogP contribution in [0.3, 0.4) is 0 Å². The number of nitrogens with zero attached hydrogens (tertiary/aromatic N) is 4. The number of nitrogens with two attached hydrogens (primary N) is 2. The van der Waals surface area contributed by atoms with Crippen LogP contribution in [0.1, 0.15) is 23.0 Å². The molecule has 6 N–H and O–H groups in total. The first kappa shape index (κ1) is 31.7. The number of aliphatic hydroxyl groups excluding tert-OH is 2. The smallest absolute Gasteiger partial charge is 0.0728 e. The van der Waals surface area contributed by atoms with Gasteiger partial charge >= 0.3 is 0 Å². The molecule has 0 spiro atoms. The van der Waals surface area contributed by atoms with Gasteiger partial charge in [-0.15, -0.1) is 0 Å². The van der Waals surface area contributed by atoms with Gasteiger partial charge in [0.15, 0.2) is 0 Å². The van der Waals surface area contributed by atoms with Gasteiger partial charge in [-0.05, 0) is 46.2 Å². The summed E-state index contributed by atoms with van der Waals surface area (Å²) in [6.45, 7) is 0. The quantitative estimate of drug-likeness (QED) is 0.123. The second-order valence-electron chi connectivity index (χ2n) is 14.1. The third-order valence-corrected chi connectivity index (χ3v) is 10.4. The van der Waals surface area contributed by atoms with Crippen LogP contribution in [-0.4, -0.2) is 78.8 Å². The summed E-state index contributed by atoms with van der Waals surface area (Å²) in [7, 11) is 16.4. The fourth-order valence-electron chi connectivity index (χ4n) is 8.44. The summed E-state index contributed by atoms with van der Waals surface area (Å²) in [5, 5.41) is 32.8. The van der Waals surface area contributed by atoms with Crippen molar-refractivity contribution in [2.45, 2.75) is 24.0 Å². The summed E-state index contributed by atoms with van der Waals surface area (Å²) in [5.74, 6) is -1.17. The first-order valence-corrected chi connectivity index (χ1v) is 16.5. The Morgan fingerprint density at radius 3 is 1.54 bits per heavy atom. The minimum absolute atomic E-state index is 0.572. The zero-order valence-electron chi connectivity index (χ0n) is 29.1. The number of fused-ring (bicyclic) bond motifs is 4. The van der Waals surface area contributed by atoms with Gasteiger partial charge < -0.3 is 41.3 Å². The molecule has 6 aromatic carbocycles. The van der Waals surface area contributed by atoms with Crippen molar-refractivity contribution < 1.29 is 10.2 Å². The van der Waals surface area contributed by atoms with Crippen LogP contribution >= 0.6 is 0 Å². The van der Waals surface area contributed by atoms with E-state index >= 15 is 0 Å². The monoisotopic (exact) mass is 642 g/mol. The van der Waals surface area contributed by atoms with Gasteiger partial charge in [0, 0.05) is 123 Å². The van der Waals surface area contributed by atoms with Crippen LogP contribution in [0.15, 0.2) is 72.8 Å². The lowest BCUT2D eigenvalue weighted by Crippen LogP contribution is -2.52. The van der Waals surface area contributed by atoms with Crippen LogP contribution < -0.4 is 31.1 Å². The van der Waals surface area contributed by atoms with Crippen molar-refractivity contribution in [2.75, 3.05) is 87.4 Å². The molecule has 0 amide bonds. The van der Waals surface area contributed by atoms with Crippen LogP contribution in [0.2, 0.25) is 0 Å². The molecule has 2 unspecified atom stereocenters. The maximum Gasteiger partial charge on any atom is 0.0728 e. The second kappa shape index (κ2) is 11.4. The van der Waals surface area contributed by atoms with E-state index in [9.17, 15) is 10.2 Å². The molecule has 0 radical (unpaired) electrons. The first-order valence-electron chi connectivity index (χ1n) is 16.5. The number of anilines is 6. The van der Waals surface area contributed by atoms with E-state index in [0.717, 1.165) is 77.0 Å². The van der Waals surface area contributed by atoms with E-state index in [1.54, 1.807) is 0 Å². The minimum atomic E-state index is -0.904. The number of hydrogen-bond acceptors (Lipinski definition) is 8. The van der Waals surface area contributed by atoms with Gasteiger partial charge in [-0.1, -0.05) is 48.5 Å². The molecule has 0 heterocycles. The second-order valence-corrected chi connectivity index (χ2v) is 14.1. The molecule has 1 fully saturated rings. The predicted molar refractivity (Wildman–Crippen MR) is 207 cm³/mol. The molecule has 1 aliphatic carbocycles. The summed E-state index contributed by atoms with van der Waals surface area (Å²) in [5.41, 5.74) is 20.9. The van der Waals surface area contributed by atoms with Crippen LogP contribution in [-0.2, 0) is 0 Å². The largest absolute Gasteiger partial charge is 0.398 e. The Hall–Kier alpha value is -4.92. The van der Waals surface area contributed by atoms with Gasteiger partial charge in [-0.25, -0.2) is 0 Å². The standard InChI is InChI=1S/C40H46N6O2/c1-43(2)27-18-12-15-23-30(27)38(46(7)8)34-28(44(3)4)20-19-26(42)33(34)32(23)36-39(47)35(40(36)48)31-21-13-9-10-14-22(21)37(45(5)6)24-16-11-17-25(41)29(24)31/h9-20,35-36,39-40,47-48H,41-42H2,1-8H3. The molecule has 1 saturated carbocycles. The Bertz CT molecular complexity index is 2230. The summed E-state index contributed by atoms with van der Waals surface area (Å²) >= 11 is 0. The number of hydrogen-bond donors (Lipinski definition) is 4. The molecule has 0 bridgehead atoms. The molecule has 6 aromatic rings. The Kier molecular flexibility index (Phi) is 7.49. The highest BCUT2D eigenvalue weighted by molar-refractivity contribution is 6.24. The van der Waals surface area contributed by atoms with E-state index in [4.69, 9.17) is 11.5 Å². The van der Waals surface area contributed by atoms with E-state index in [2.05, 4.69) is 76.2 Å². The van der Waals surface area contributed by atoms with E-state index in [0.29, 0.717) is 11.4 Å². The topological polar surface area (TPSA) is 105 Å². The van der Waals surface area contributed by atoms with Crippen molar-refractivity contribution >= 4 is 77.2 Å². The Morgan fingerprint density at radius 1 is 0.438 bits per heavy atom. The Morgan fingerprint density at radius 2 is 0.938 bits per heavy atom. The van der Waals surface area contributed by atoms with Gasteiger partial charge in [0.2, 0.25) is 0 Å². The number of benzene rings is 6. The van der Waals surface area contributed by atoms with Crippen LogP contribution in [0.5, 0.6) is 0 Å². The highest BCUT2D eigenvalue weighted by atomic mass is 16.3. The molecule has 1 aliphatic rings. The van der Waals surface area contributed by atoms with Gasteiger partial charge in [0.1, 0.15) is 0 Å². The molecular formula is C40H46N6O2. The maximum atomic E-state index is 12.5. The summed E-state index contributed by atoms with van der Waals surface area (Å²) in [6.07, 6.45) is -1.81. The SMILES string of the molecule is CN(C)c1c2ccccc2c(C2C(O)C(c3c4cccc(N(C)C)c4c(N(C)C)c4c(N(C)C)ccc(N)c34)C2O)c2c(N)cccc12. The molecule has 7 rings (SSSR count). The fraction of sp³-hybridized carbons (Fsp3) is 0.300. The third-order valence-electron chi connectivity index (χ3n) is 10.4. The molecule has 248 valence electrons. The fourth-order valence-corrected chi connectivity index (χ4v) is 8.44. The van der Waals surface area contributed by atoms with E-state index in [1.165, 1.54) is 0 Å². The minimum Gasteiger partial charge on any atom is -0.398 e. The molecule has 0 saturated heterocycles. The van der Waals surface area contributed by atoms with Gasteiger partial charge in [-0.2, -0.15) is 0 Å². The lowest BCUT2D eigenvalue weighted by atomic mass is 9.60. The number of rotatable bonds is 6. The highest BCUT2D eigenvalue weighted by Crippen LogP contribution is 2.58. The molecular weight excluding hydrogens is 596 g/mol. The molecule has 0 aliphatic heterocycles. The highest BCUT2D eigenvalue weighted by Gasteiger charge is 2.53. The lowest BCUT2D eigenvalue weighted by Gasteiger charge is -2.49. The summed E-state index contributed by atoms with van der Waals surface area (Å²) in [4.78, 5) is 8.49. The van der Waals surface area contributed by atoms with E-state index in [-0.39, 0.29) is 0 Å². The molecule has 0 aromatic heterocycles. The third kappa shape index (κ3) is 4.36. The molecule has 8 heteroatoms. The van der Waals surface area contributed by atoms with Gasteiger partial charge in [-0.3, -0.25) is 0 Å². The van der Waals surface area contributed by atoms with E-state index < -0.39 is 24.0 Å². The Balaban J connectivity index is 1.56. The van der Waals surface area contributed by atoms with Crippen LogP contribution in [0.4, 0.5) is 34.1 Å². The van der Waals surface area contributed by atoms with E-state index in [1.807, 2.05) is 72.6 Å². The lowest BCUT2D eigenvalue weighted by molar-refractivity contribution is -0.0765. The number of nitrogen functional groups attached to an aromatic ring is 2. The van der Waals surface area contributed by atoms with Crippen molar-refractivity contribution in [3.63, 3.8) is 0 Å². The molecule has 48 heavy (non-hydrogen) atoms. The van der Waals surface area contributed by atoms with Crippen LogP contribution in [0.25, 0.3) is 43.1 Å². The zero-order chi connectivity index (χ0) is 34.3. The molecule has 2 atom stereocenters. The van der Waals surface area contributed by atoms with Crippen LogP contribution in [0, 0.1) is 0 Å².